The van der Waals surface area contributed by atoms with Crippen molar-refractivity contribution < 1.29 is 19.0 Å². The first-order valence-corrected chi connectivity index (χ1v) is 7.39. The fourth-order valence-corrected chi connectivity index (χ4v) is 2.08. The van der Waals surface area contributed by atoms with Crippen LogP contribution in [-0.4, -0.2) is 26.7 Å². The molecule has 1 N–H and O–H groups in total. The molecule has 0 aliphatic carbocycles. The van der Waals surface area contributed by atoms with Crippen LogP contribution in [-0.2, 0) is 11.2 Å². The van der Waals surface area contributed by atoms with Gasteiger partial charge in [0, 0.05) is 23.9 Å². The summed E-state index contributed by atoms with van der Waals surface area (Å²) in [6, 6.07) is 12.9. The standard InChI is InChI=1S/C18H21NO4/c1-4-13-6-5-7-15(8-13)23-12-18(20)19-14-9-16(21-2)11-17(10-14)22-3/h5-11H,4,12H2,1-3H3,(H,19,20). The number of rotatable bonds is 7. The summed E-state index contributed by atoms with van der Waals surface area (Å²) in [6.07, 6.45) is 0.924. The predicted octanol–water partition coefficient (Wildman–Crippen LogP) is 3.28. The molecule has 1 amide bonds. The van der Waals surface area contributed by atoms with Crippen molar-refractivity contribution in [2.24, 2.45) is 0 Å². The first-order chi connectivity index (χ1) is 11.1. The average Bonchev–Trinajstić information content (AvgIpc) is 2.59. The minimum atomic E-state index is -0.248. The third-order valence-electron chi connectivity index (χ3n) is 3.31. The van der Waals surface area contributed by atoms with Crippen molar-refractivity contribution in [2.75, 3.05) is 26.1 Å². The van der Waals surface area contributed by atoms with Crippen LogP contribution in [0.2, 0.25) is 0 Å². The van der Waals surface area contributed by atoms with Crippen molar-refractivity contribution in [1.82, 2.24) is 0 Å². The van der Waals surface area contributed by atoms with E-state index in [1.54, 1.807) is 32.4 Å². The molecule has 5 nitrogen and oxygen atoms in total. The van der Waals surface area contributed by atoms with E-state index in [2.05, 4.69) is 12.2 Å². The predicted molar refractivity (Wildman–Crippen MR) is 89.5 cm³/mol. The van der Waals surface area contributed by atoms with Crippen LogP contribution in [0.25, 0.3) is 0 Å². The van der Waals surface area contributed by atoms with E-state index in [1.807, 2.05) is 24.3 Å². The lowest BCUT2D eigenvalue weighted by Crippen LogP contribution is -2.20. The van der Waals surface area contributed by atoms with Gasteiger partial charge in [0.2, 0.25) is 0 Å². The molecule has 2 aromatic rings. The molecule has 0 saturated carbocycles. The van der Waals surface area contributed by atoms with Gasteiger partial charge in [-0.2, -0.15) is 0 Å². The first-order valence-electron chi connectivity index (χ1n) is 7.39. The molecule has 0 fully saturated rings. The Labute approximate surface area is 136 Å². The maximum Gasteiger partial charge on any atom is 0.262 e. The van der Waals surface area contributed by atoms with Crippen molar-refractivity contribution in [1.29, 1.82) is 0 Å². The fraction of sp³-hybridized carbons (Fsp3) is 0.278. The molecule has 0 saturated heterocycles. The summed E-state index contributed by atoms with van der Waals surface area (Å²) in [5, 5.41) is 2.77. The monoisotopic (exact) mass is 315 g/mol. The summed E-state index contributed by atoms with van der Waals surface area (Å²) in [5.74, 6) is 1.65. The van der Waals surface area contributed by atoms with Gasteiger partial charge in [-0.25, -0.2) is 0 Å². The molecule has 122 valence electrons. The molecular formula is C18H21NO4. The van der Waals surface area contributed by atoms with E-state index in [1.165, 1.54) is 5.56 Å². The van der Waals surface area contributed by atoms with Gasteiger partial charge in [0.25, 0.3) is 5.91 Å². The second-order valence-corrected chi connectivity index (χ2v) is 4.94. The zero-order valence-electron chi connectivity index (χ0n) is 13.6. The highest BCUT2D eigenvalue weighted by molar-refractivity contribution is 5.92. The third-order valence-corrected chi connectivity index (χ3v) is 3.31. The Morgan fingerprint density at radius 2 is 1.70 bits per heavy atom. The Balaban J connectivity index is 1.96. The Morgan fingerprint density at radius 1 is 1.00 bits per heavy atom. The number of aryl methyl sites for hydroxylation is 1. The van der Waals surface area contributed by atoms with Crippen LogP contribution in [0.5, 0.6) is 17.2 Å². The number of methoxy groups -OCH3 is 2. The fourth-order valence-electron chi connectivity index (χ4n) is 2.08. The number of hydrogen-bond donors (Lipinski definition) is 1. The molecule has 0 unspecified atom stereocenters. The van der Waals surface area contributed by atoms with Crippen LogP contribution in [0.3, 0.4) is 0 Å². The van der Waals surface area contributed by atoms with Gasteiger partial charge in [-0.3, -0.25) is 4.79 Å². The summed E-state index contributed by atoms with van der Waals surface area (Å²) in [7, 11) is 3.12. The molecule has 0 bridgehead atoms. The van der Waals surface area contributed by atoms with Crippen molar-refractivity contribution in [2.45, 2.75) is 13.3 Å². The molecular weight excluding hydrogens is 294 g/mol. The minimum absolute atomic E-state index is 0.0628. The highest BCUT2D eigenvalue weighted by atomic mass is 16.5. The van der Waals surface area contributed by atoms with Crippen LogP contribution in [0.1, 0.15) is 12.5 Å². The van der Waals surface area contributed by atoms with Gasteiger partial charge in [0.05, 0.1) is 14.2 Å². The molecule has 0 aliphatic heterocycles. The van der Waals surface area contributed by atoms with Crippen molar-refractivity contribution in [3.63, 3.8) is 0 Å². The van der Waals surface area contributed by atoms with Crippen molar-refractivity contribution >= 4 is 11.6 Å². The van der Waals surface area contributed by atoms with Gasteiger partial charge in [0.1, 0.15) is 17.2 Å². The number of carbonyl (C=O) groups excluding carboxylic acids is 1. The lowest BCUT2D eigenvalue weighted by atomic mass is 10.2. The lowest BCUT2D eigenvalue weighted by Gasteiger charge is -2.11. The molecule has 0 aliphatic rings. The van der Waals surface area contributed by atoms with E-state index in [0.717, 1.165) is 6.42 Å². The highest BCUT2D eigenvalue weighted by Crippen LogP contribution is 2.25. The molecule has 2 aromatic carbocycles. The molecule has 0 atom stereocenters. The van der Waals surface area contributed by atoms with Gasteiger partial charge in [-0.1, -0.05) is 19.1 Å². The van der Waals surface area contributed by atoms with E-state index >= 15 is 0 Å². The smallest absolute Gasteiger partial charge is 0.262 e. The summed E-state index contributed by atoms with van der Waals surface area (Å²) >= 11 is 0. The van der Waals surface area contributed by atoms with Crippen molar-refractivity contribution in [3.05, 3.63) is 48.0 Å². The molecule has 0 heterocycles. The van der Waals surface area contributed by atoms with E-state index in [-0.39, 0.29) is 12.5 Å². The second-order valence-electron chi connectivity index (χ2n) is 4.94. The van der Waals surface area contributed by atoms with Crippen LogP contribution < -0.4 is 19.5 Å². The Kier molecular flexibility index (Phi) is 5.86. The summed E-state index contributed by atoms with van der Waals surface area (Å²) in [4.78, 5) is 12.0. The van der Waals surface area contributed by atoms with Crippen LogP contribution >= 0.6 is 0 Å². The van der Waals surface area contributed by atoms with Crippen LogP contribution in [0, 0.1) is 0 Å². The zero-order chi connectivity index (χ0) is 16.7. The maximum absolute atomic E-state index is 12.0. The third kappa shape index (κ3) is 4.92. The van der Waals surface area contributed by atoms with E-state index in [0.29, 0.717) is 22.9 Å². The molecule has 0 aromatic heterocycles. The molecule has 5 heteroatoms. The van der Waals surface area contributed by atoms with E-state index in [9.17, 15) is 4.79 Å². The average molecular weight is 315 g/mol. The summed E-state index contributed by atoms with van der Waals surface area (Å²) in [6.45, 7) is 2.01. The number of anilines is 1. The summed E-state index contributed by atoms with van der Waals surface area (Å²) in [5.41, 5.74) is 1.76. The van der Waals surface area contributed by atoms with Gasteiger partial charge in [-0.05, 0) is 24.1 Å². The maximum atomic E-state index is 12.0. The largest absolute Gasteiger partial charge is 0.497 e. The number of hydrogen-bond acceptors (Lipinski definition) is 4. The molecule has 23 heavy (non-hydrogen) atoms. The number of ether oxygens (including phenoxy) is 3. The highest BCUT2D eigenvalue weighted by Gasteiger charge is 2.07. The quantitative estimate of drug-likeness (QED) is 0.852. The molecule has 2 rings (SSSR count). The van der Waals surface area contributed by atoms with Gasteiger partial charge in [0.15, 0.2) is 6.61 Å². The normalized spacial score (nSPS) is 10.0. The number of benzene rings is 2. The van der Waals surface area contributed by atoms with Gasteiger partial charge < -0.3 is 19.5 Å². The topological polar surface area (TPSA) is 56.8 Å². The van der Waals surface area contributed by atoms with Gasteiger partial charge >= 0.3 is 0 Å². The number of nitrogens with one attached hydrogen (secondary N) is 1. The first kappa shape index (κ1) is 16.7. The second kappa shape index (κ2) is 8.08. The summed E-state index contributed by atoms with van der Waals surface area (Å²) < 4.78 is 15.9. The van der Waals surface area contributed by atoms with E-state index < -0.39 is 0 Å². The SMILES string of the molecule is CCc1cccc(OCC(=O)Nc2cc(OC)cc(OC)c2)c1. The lowest BCUT2D eigenvalue weighted by molar-refractivity contribution is -0.118. The minimum Gasteiger partial charge on any atom is -0.497 e. The Bertz CT molecular complexity index is 648. The zero-order valence-corrected chi connectivity index (χ0v) is 13.6. The number of carbonyl (C=O) groups is 1. The molecule has 0 spiro atoms. The van der Waals surface area contributed by atoms with Crippen molar-refractivity contribution in [3.8, 4) is 17.2 Å². The van der Waals surface area contributed by atoms with Crippen LogP contribution in [0.15, 0.2) is 42.5 Å². The van der Waals surface area contributed by atoms with Crippen LogP contribution in [0.4, 0.5) is 5.69 Å². The Hall–Kier alpha value is -2.69. The van der Waals surface area contributed by atoms with E-state index in [4.69, 9.17) is 14.2 Å². The number of amides is 1. The Morgan fingerprint density at radius 3 is 2.30 bits per heavy atom. The molecule has 0 radical (unpaired) electrons. The van der Waals surface area contributed by atoms with Gasteiger partial charge in [-0.15, -0.1) is 0 Å².